The number of hydrogen-bond donors (Lipinski definition) is 1. The lowest BCUT2D eigenvalue weighted by Gasteiger charge is -2.35. The van der Waals surface area contributed by atoms with Crippen molar-refractivity contribution in [2.75, 3.05) is 0 Å². The number of benzene rings is 2. The van der Waals surface area contributed by atoms with Gasteiger partial charge in [0, 0.05) is 11.1 Å². The van der Waals surface area contributed by atoms with Crippen LogP contribution >= 0.6 is 0 Å². The van der Waals surface area contributed by atoms with E-state index in [4.69, 9.17) is 0 Å². The molecule has 2 aromatic rings. The molecule has 0 amide bonds. The van der Waals surface area contributed by atoms with E-state index >= 15 is 0 Å². The lowest BCUT2D eigenvalue weighted by molar-refractivity contribution is 0.282. The fourth-order valence-corrected chi connectivity index (χ4v) is 3.54. The first-order valence-electron chi connectivity index (χ1n) is 7.03. The van der Waals surface area contributed by atoms with Gasteiger partial charge in [-0.25, -0.2) is 8.78 Å². The van der Waals surface area contributed by atoms with E-state index in [1.165, 1.54) is 0 Å². The van der Waals surface area contributed by atoms with Crippen LogP contribution in [-0.4, -0.2) is 5.11 Å². The summed E-state index contributed by atoms with van der Waals surface area (Å²) in [4.78, 5) is 0. The fraction of sp³-hybridized carbons (Fsp3) is 0.294. The van der Waals surface area contributed by atoms with Crippen LogP contribution in [0, 0.1) is 23.4 Å². The van der Waals surface area contributed by atoms with Crippen molar-refractivity contribution in [1.82, 2.24) is 0 Å². The highest BCUT2D eigenvalue weighted by Gasteiger charge is 2.36. The minimum atomic E-state index is -1.32. The molecule has 4 rings (SSSR count). The molecule has 2 aliphatic rings. The van der Waals surface area contributed by atoms with Crippen LogP contribution in [0.3, 0.4) is 0 Å². The highest BCUT2D eigenvalue weighted by Crippen LogP contribution is 2.54. The zero-order chi connectivity index (χ0) is 14.9. The Morgan fingerprint density at radius 1 is 0.952 bits per heavy atom. The van der Waals surface area contributed by atoms with E-state index in [0.717, 1.165) is 18.9 Å². The van der Waals surface area contributed by atoms with Crippen molar-refractivity contribution in [1.29, 1.82) is 0 Å². The van der Waals surface area contributed by atoms with Gasteiger partial charge < -0.3 is 5.11 Å². The molecule has 0 bridgehead atoms. The zero-order valence-corrected chi connectivity index (χ0v) is 11.4. The van der Waals surface area contributed by atoms with Gasteiger partial charge in [0.05, 0.1) is 0 Å². The number of hydrogen-bond acceptors (Lipinski definition) is 1. The predicted octanol–water partition coefficient (Wildman–Crippen LogP) is 4.97. The third-order valence-electron chi connectivity index (χ3n) is 4.71. The molecule has 0 unspecified atom stereocenters. The van der Waals surface area contributed by atoms with Crippen molar-refractivity contribution in [3.05, 3.63) is 41.2 Å². The number of rotatable bonds is 1. The summed E-state index contributed by atoms with van der Waals surface area (Å²) in [5.41, 5.74) is 1.59. The Kier molecular flexibility index (Phi) is 2.44. The molecular formula is C17H13F3O. The largest absolute Gasteiger partial charge is 0.505 e. The molecule has 0 aliphatic heterocycles. The molecule has 0 saturated heterocycles. The van der Waals surface area contributed by atoms with Crippen LogP contribution in [0.15, 0.2) is 18.2 Å². The number of halogens is 3. The second-order valence-corrected chi connectivity index (χ2v) is 6.11. The summed E-state index contributed by atoms with van der Waals surface area (Å²) >= 11 is 0. The third kappa shape index (κ3) is 1.53. The van der Waals surface area contributed by atoms with E-state index in [9.17, 15) is 18.3 Å². The van der Waals surface area contributed by atoms with Crippen molar-refractivity contribution in [3.8, 4) is 28.0 Å². The third-order valence-corrected chi connectivity index (χ3v) is 4.71. The van der Waals surface area contributed by atoms with Gasteiger partial charge in [-0.1, -0.05) is 19.1 Å². The van der Waals surface area contributed by atoms with Crippen LogP contribution in [0.4, 0.5) is 13.2 Å². The molecule has 21 heavy (non-hydrogen) atoms. The molecular weight excluding hydrogens is 277 g/mol. The van der Waals surface area contributed by atoms with Crippen LogP contribution in [0.25, 0.3) is 22.3 Å². The van der Waals surface area contributed by atoms with Crippen LogP contribution in [-0.2, 0) is 0 Å². The van der Waals surface area contributed by atoms with Crippen molar-refractivity contribution < 1.29 is 18.3 Å². The quantitative estimate of drug-likeness (QED) is 0.671. The topological polar surface area (TPSA) is 20.2 Å². The van der Waals surface area contributed by atoms with E-state index < -0.39 is 23.2 Å². The Morgan fingerprint density at radius 2 is 1.62 bits per heavy atom. The summed E-state index contributed by atoms with van der Waals surface area (Å²) in [6.45, 7) is 2.11. The van der Waals surface area contributed by atoms with E-state index in [1.807, 2.05) is 0 Å². The lowest BCUT2D eigenvalue weighted by Crippen LogP contribution is -2.21. The Morgan fingerprint density at radius 3 is 2.29 bits per heavy atom. The van der Waals surface area contributed by atoms with Crippen molar-refractivity contribution in [2.24, 2.45) is 5.92 Å². The minimum absolute atomic E-state index is 0.0491. The zero-order valence-electron chi connectivity index (χ0n) is 11.4. The van der Waals surface area contributed by atoms with Crippen LogP contribution < -0.4 is 0 Å². The summed E-state index contributed by atoms with van der Waals surface area (Å²) in [7, 11) is 0. The maximum absolute atomic E-state index is 14.7. The summed E-state index contributed by atoms with van der Waals surface area (Å²) in [6.07, 6.45) is 1.85. The number of aromatic hydroxyl groups is 1. The monoisotopic (exact) mass is 290 g/mol. The second-order valence-electron chi connectivity index (χ2n) is 6.11. The van der Waals surface area contributed by atoms with Crippen molar-refractivity contribution in [3.63, 3.8) is 0 Å². The molecule has 1 fully saturated rings. The molecule has 4 heteroatoms. The maximum Gasteiger partial charge on any atom is 0.201 e. The molecule has 0 aromatic heterocycles. The van der Waals surface area contributed by atoms with Gasteiger partial charge in [0.1, 0.15) is 5.82 Å². The van der Waals surface area contributed by atoms with Gasteiger partial charge in [0.15, 0.2) is 11.6 Å². The Balaban J connectivity index is 1.86. The minimum Gasteiger partial charge on any atom is -0.505 e. The molecule has 0 heterocycles. The highest BCUT2D eigenvalue weighted by atomic mass is 19.2. The van der Waals surface area contributed by atoms with Crippen molar-refractivity contribution in [2.45, 2.75) is 25.7 Å². The van der Waals surface area contributed by atoms with Gasteiger partial charge in [-0.15, -0.1) is 0 Å². The average molecular weight is 290 g/mol. The number of phenolic OH excluding ortho intramolecular Hbond substituents is 1. The van der Waals surface area contributed by atoms with Gasteiger partial charge in [-0.2, -0.15) is 4.39 Å². The van der Waals surface area contributed by atoms with Crippen molar-refractivity contribution >= 4 is 0 Å². The maximum atomic E-state index is 14.7. The Hall–Kier alpha value is -1.97. The molecule has 1 saturated carbocycles. The highest BCUT2D eigenvalue weighted by molar-refractivity contribution is 6.03. The Labute approximate surface area is 120 Å². The van der Waals surface area contributed by atoms with E-state index in [0.29, 0.717) is 22.6 Å². The summed E-state index contributed by atoms with van der Waals surface area (Å²) in [6, 6.07) is 4.61. The van der Waals surface area contributed by atoms with E-state index in [-0.39, 0.29) is 17.0 Å². The lowest BCUT2D eigenvalue weighted by atomic mass is 9.70. The molecule has 0 atom stereocenters. The van der Waals surface area contributed by atoms with Gasteiger partial charge in [0.25, 0.3) is 0 Å². The van der Waals surface area contributed by atoms with Gasteiger partial charge >= 0.3 is 0 Å². The summed E-state index contributed by atoms with van der Waals surface area (Å²) < 4.78 is 42.1. The first-order chi connectivity index (χ1) is 9.99. The SMILES string of the molecule is CC1CC(c2ccc3c(c2F)-c2c-3cc(O)c(F)c2F)C1. The first-order valence-corrected chi connectivity index (χ1v) is 7.03. The van der Waals surface area contributed by atoms with E-state index in [2.05, 4.69) is 6.92 Å². The van der Waals surface area contributed by atoms with Crippen LogP contribution in [0.1, 0.15) is 31.2 Å². The van der Waals surface area contributed by atoms with Gasteiger partial charge in [-0.3, -0.25) is 0 Å². The van der Waals surface area contributed by atoms with E-state index in [1.54, 1.807) is 12.1 Å². The first kappa shape index (κ1) is 12.7. The van der Waals surface area contributed by atoms with Crippen LogP contribution in [0.2, 0.25) is 0 Å². The number of phenols is 1. The fourth-order valence-electron chi connectivity index (χ4n) is 3.54. The summed E-state index contributed by atoms with van der Waals surface area (Å²) in [5.74, 6) is -2.93. The van der Waals surface area contributed by atoms with Gasteiger partial charge in [0.2, 0.25) is 5.82 Å². The summed E-state index contributed by atoms with van der Waals surface area (Å²) in [5, 5.41) is 9.34. The Bertz CT molecular complexity index is 776. The van der Waals surface area contributed by atoms with Crippen LogP contribution in [0.5, 0.6) is 5.75 Å². The predicted molar refractivity (Wildman–Crippen MR) is 73.5 cm³/mol. The average Bonchev–Trinajstić information content (AvgIpc) is 2.40. The number of fused-ring (bicyclic) bond motifs is 4. The standard InChI is InChI=1S/C17H13F3O/c1-7-4-8(5-7)9-2-3-10-11-6-12(21)16(19)17(20)14(11)13(10)15(9)18/h2-3,6-8,21H,4-5H2,1H3. The molecule has 0 radical (unpaired) electrons. The molecule has 1 nitrogen and oxygen atoms in total. The molecule has 0 spiro atoms. The smallest absolute Gasteiger partial charge is 0.201 e. The molecule has 1 N–H and O–H groups in total. The van der Waals surface area contributed by atoms with Gasteiger partial charge in [-0.05, 0) is 47.4 Å². The molecule has 2 aliphatic carbocycles. The second kappa shape index (κ2) is 4.03. The molecule has 108 valence electrons. The molecule has 2 aromatic carbocycles. The normalized spacial score (nSPS) is 22.1.